The van der Waals surface area contributed by atoms with Crippen LogP contribution in [0.5, 0.6) is 0 Å². The normalized spacial score (nSPS) is 13.8. The van der Waals surface area contributed by atoms with E-state index in [2.05, 4.69) is 24.3 Å². The number of ether oxygens (including phenoxy) is 2. The lowest BCUT2D eigenvalue weighted by atomic mass is 9.97. The lowest BCUT2D eigenvalue weighted by molar-refractivity contribution is 0.00335. The van der Waals surface area contributed by atoms with Crippen LogP contribution in [0, 0.1) is 0 Å². The van der Waals surface area contributed by atoms with Gasteiger partial charge in [-0.05, 0) is 17.5 Å². The highest BCUT2D eigenvalue weighted by molar-refractivity contribution is 5.22. The first-order valence-electron chi connectivity index (χ1n) is 7.26. The second-order valence-corrected chi connectivity index (χ2v) is 5.05. The smallest absolute Gasteiger partial charge is 0.0980 e. The van der Waals surface area contributed by atoms with Crippen molar-refractivity contribution in [3.05, 3.63) is 71.8 Å². The zero-order valence-corrected chi connectivity index (χ0v) is 12.4. The van der Waals surface area contributed by atoms with Crippen molar-refractivity contribution in [2.24, 2.45) is 5.73 Å². The zero-order chi connectivity index (χ0) is 14.9. The molecule has 0 radical (unpaired) electrons. The molecule has 0 amide bonds. The predicted octanol–water partition coefficient (Wildman–Crippen LogP) is 2.96. The summed E-state index contributed by atoms with van der Waals surface area (Å²) < 4.78 is 11.0. The van der Waals surface area contributed by atoms with E-state index in [-0.39, 0.29) is 12.1 Å². The van der Waals surface area contributed by atoms with Crippen molar-refractivity contribution in [3.8, 4) is 0 Å². The van der Waals surface area contributed by atoms with Crippen molar-refractivity contribution < 1.29 is 9.47 Å². The third kappa shape index (κ3) is 4.97. The molecule has 2 N–H and O–H groups in total. The molecule has 3 nitrogen and oxygen atoms in total. The molecule has 112 valence electrons. The Bertz CT molecular complexity index is 501. The van der Waals surface area contributed by atoms with Gasteiger partial charge in [-0.2, -0.15) is 0 Å². The van der Waals surface area contributed by atoms with Crippen molar-refractivity contribution in [1.29, 1.82) is 0 Å². The topological polar surface area (TPSA) is 44.5 Å². The molecule has 0 saturated carbocycles. The summed E-state index contributed by atoms with van der Waals surface area (Å²) in [6.07, 6.45) is 0.662. The molecule has 2 unspecified atom stereocenters. The molecule has 0 saturated heterocycles. The van der Waals surface area contributed by atoms with E-state index in [1.807, 2.05) is 36.4 Å². The number of hydrogen-bond donors (Lipinski definition) is 1. The fourth-order valence-corrected chi connectivity index (χ4v) is 2.36. The monoisotopic (exact) mass is 285 g/mol. The summed E-state index contributed by atoms with van der Waals surface area (Å²) in [6, 6.07) is 20.3. The molecule has 0 spiro atoms. The van der Waals surface area contributed by atoms with E-state index in [4.69, 9.17) is 15.2 Å². The Balaban J connectivity index is 2.07. The first kappa shape index (κ1) is 15.7. The summed E-state index contributed by atoms with van der Waals surface area (Å²) in [5, 5.41) is 0. The Labute approximate surface area is 126 Å². The molecule has 0 fully saturated rings. The summed E-state index contributed by atoms with van der Waals surface area (Å²) in [6.45, 7) is 1.11. The summed E-state index contributed by atoms with van der Waals surface area (Å²) in [7, 11) is 1.67. The second-order valence-electron chi connectivity index (χ2n) is 5.05. The van der Waals surface area contributed by atoms with E-state index in [1.165, 1.54) is 5.56 Å². The molecular formula is C18H23NO2. The fraction of sp³-hybridized carbons (Fsp3) is 0.333. The lowest BCUT2D eigenvalue weighted by Crippen LogP contribution is -2.33. The minimum Gasteiger partial charge on any atom is -0.382 e. The van der Waals surface area contributed by atoms with Crippen molar-refractivity contribution >= 4 is 0 Å². The average Bonchev–Trinajstić information content (AvgIpc) is 2.53. The van der Waals surface area contributed by atoms with Crippen LogP contribution in [0.1, 0.15) is 17.2 Å². The Morgan fingerprint density at radius 3 is 2.14 bits per heavy atom. The highest BCUT2D eigenvalue weighted by Gasteiger charge is 2.20. The average molecular weight is 285 g/mol. The Kier molecular flexibility index (Phi) is 6.41. The fourth-order valence-electron chi connectivity index (χ4n) is 2.36. The quantitative estimate of drug-likeness (QED) is 0.758. The van der Waals surface area contributed by atoms with Gasteiger partial charge in [0.2, 0.25) is 0 Å². The van der Waals surface area contributed by atoms with E-state index in [9.17, 15) is 0 Å². The molecule has 0 aromatic heterocycles. The van der Waals surface area contributed by atoms with Crippen LogP contribution in [0.25, 0.3) is 0 Å². The van der Waals surface area contributed by atoms with Crippen LogP contribution in [0.3, 0.4) is 0 Å². The first-order chi connectivity index (χ1) is 10.3. The van der Waals surface area contributed by atoms with Crippen LogP contribution in [-0.4, -0.2) is 26.4 Å². The highest BCUT2D eigenvalue weighted by atomic mass is 16.5. The molecule has 2 atom stereocenters. The molecule has 2 aromatic rings. The maximum Gasteiger partial charge on any atom is 0.0980 e. The van der Waals surface area contributed by atoms with Gasteiger partial charge in [-0.1, -0.05) is 60.7 Å². The molecule has 2 aromatic carbocycles. The third-order valence-corrected chi connectivity index (χ3v) is 3.42. The highest BCUT2D eigenvalue weighted by Crippen LogP contribution is 2.22. The SMILES string of the molecule is COCCOC(c1ccccc1)C(N)Cc1ccccc1. The summed E-state index contributed by atoms with van der Waals surface area (Å²) in [5.41, 5.74) is 8.73. The summed E-state index contributed by atoms with van der Waals surface area (Å²) >= 11 is 0. The van der Waals surface area contributed by atoms with Crippen LogP contribution < -0.4 is 5.73 Å². The minimum absolute atomic E-state index is 0.0911. The van der Waals surface area contributed by atoms with Crippen LogP contribution in [0.4, 0.5) is 0 Å². The van der Waals surface area contributed by atoms with E-state index < -0.39 is 0 Å². The molecule has 0 bridgehead atoms. The van der Waals surface area contributed by atoms with Crippen molar-refractivity contribution in [2.45, 2.75) is 18.6 Å². The molecule has 2 rings (SSSR count). The van der Waals surface area contributed by atoms with Gasteiger partial charge in [-0.25, -0.2) is 0 Å². The van der Waals surface area contributed by atoms with Crippen LogP contribution in [-0.2, 0) is 15.9 Å². The number of nitrogens with two attached hydrogens (primary N) is 1. The number of hydrogen-bond acceptors (Lipinski definition) is 3. The van der Waals surface area contributed by atoms with Crippen molar-refractivity contribution in [1.82, 2.24) is 0 Å². The van der Waals surface area contributed by atoms with Gasteiger partial charge in [0, 0.05) is 13.2 Å². The second kappa shape index (κ2) is 8.57. The van der Waals surface area contributed by atoms with Gasteiger partial charge in [-0.3, -0.25) is 0 Å². The van der Waals surface area contributed by atoms with E-state index in [0.29, 0.717) is 13.2 Å². The van der Waals surface area contributed by atoms with E-state index >= 15 is 0 Å². The molecule has 0 aliphatic rings. The van der Waals surface area contributed by atoms with Gasteiger partial charge in [0.05, 0.1) is 19.3 Å². The minimum atomic E-state index is -0.124. The number of methoxy groups -OCH3 is 1. The molecule has 21 heavy (non-hydrogen) atoms. The summed E-state index contributed by atoms with van der Waals surface area (Å²) in [4.78, 5) is 0. The zero-order valence-electron chi connectivity index (χ0n) is 12.4. The number of benzene rings is 2. The van der Waals surface area contributed by atoms with Gasteiger partial charge >= 0.3 is 0 Å². The molecular weight excluding hydrogens is 262 g/mol. The summed E-state index contributed by atoms with van der Waals surface area (Å²) in [5.74, 6) is 0. The van der Waals surface area contributed by atoms with Crippen molar-refractivity contribution in [3.63, 3.8) is 0 Å². The third-order valence-electron chi connectivity index (χ3n) is 3.42. The maximum atomic E-state index is 6.40. The van der Waals surface area contributed by atoms with Crippen LogP contribution in [0.15, 0.2) is 60.7 Å². The standard InChI is InChI=1S/C18H23NO2/c1-20-12-13-21-18(16-10-6-3-7-11-16)17(19)14-15-8-4-2-5-9-15/h2-11,17-18H,12-14,19H2,1H3. The number of rotatable bonds is 8. The van der Waals surface area contributed by atoms with Crippen molar-refractivity contribution in [2.75, 3.05) is 20.3 Å². The van der Waals surface area contributed by atoms with Gasteiger partial charge in [0.15, 0.2) is 0 Å². The van der Waals surface area contributed by atoms with Crippen LogP contribution in [0.2, 0.25) is 0 Å². The van der Waals surface area contributed by atoms with Crippen LogP contribution >= 0.6 is 0 Å². The Morgan fingerprint density at radius 2 is 1.52 bits per heavy atom. The molecule has 0 heterocycles. The van der Waals surface area contributed by atoms with Gasteiger partial charge in [0.1, 0.15) is 0 Å². The van der Waals surface area contributed by atoms with Gasteiger partial charge in [-0.15, -0.1) is 0 Å². The maximum absolute atomic E-state index is 6.40. The Morgan fingerprint density at radius 1 is 0.905 bits per heavy atom. The van der Waals surface area contributed by atoms with Gasteiger partial charge < -0.3 is 15.2 Å². The van der Waals surface area contributed by atoms with E-state index in [1.54, 1.807) is 7.11 Å². The lowest BCUT2D eigenvalue weighted by Gasteiger charge is -2.25. The van der Waals surface area contributed by atoms with Gasteiger partial charge in [0.25, 0.3) is 0 Å². The molecule has 3 heteroatoms. The Hall–Kier alpha value is -1.68. The predicted molar refractivity (Wildman–Crippen MR) is 85.1 cm³/mol. The first-order valence-corrected chi connectivity index (χ1v) is 7.26. The molecule has 0 aliphatic carbocycles. The molecule has 0 aliphatic heterocycles. The largest absolute Gasteiger partial charge is 0.382 e. The van der Waals surface area contributed by atoms with E-state index in [0.717, 1.165) is 12.0 Å².